The van der Waals surface area contributed by atoms with E-state index in [-0.39, 0.29) is 11.9 Å². The zero-order chi connectivity index (χ0) is 14.2. The second kappa shape index (κ2) is 7.34. The number of carbonyl (C=O) groups excluding carboxylic acids is 1. The zero-order valence-electron chi connectivity index (χ0n) is 11.6. The molecule has 0 fully saturated rings. The van der Waals surface area contributed by atoms with Crippen LogP contribution in [-0.4, -0.2) is 11.9 Å². The fraction of sp³-hybridized carbons (Fsp3) is 0.235. The van der Waals surface area contributed by atoms with Gasteiger partial charge in [-0.15, -0.1) is 0 Å². The van der Waals surface area contributed by atoms with Crippen LogP contribution >= 0.6 is 0 Å². The lowest BCUT2D eigenvalue weighted by atomic mass is 10.1. The number of aryl methyl sites for hydroxylation is 1. The van der Waals surface area contributed by atoms with Crippen molar-refractivity contribution in [2.45, 2.75) is 25.8 Å². The van der Waals surface area contributed by atoms with E-state index >= 15 is 0 Å². The van der Waals surface area contributed by atoms with Gasteiger partial charge in [-0.05, 0) is 43.5 Å². The minimum absolute atomic E-state index is 0.0954. The van der Waals surface area contributed by atoms with E-state index in [0.717, 1.165) is 12.8 Å². The Labute approximate surface area is 119 Å². The van der Waals surface area contributed by atoms with Crippen LogP contribution in [0, 0.1) is 0 Å². The van der Waals surface area contributed by atoms with Crippen molar-refractivity contribution in [3.05, 3.63) is 66.1 Å². The van der Waals surface area contributed by atoms with Gasteiger partial charge in [-0.1, -0.05) is 30.3 Å². The van der Waals surface area contributed by atoms with Crippen LogP contribution in [0.5, 0.6) is 0 Å². The largest absolute Gasteiger partial charge is 0.465 e. The van der Waals surface area contributed by atoms with Crippen LogP contribution in [0.3, 0.4) is 0 Å². The molecule has 3 heteroatoms. The van der Waals surface area contributed by atoms with Gasteiger partial charge >= 0.3 is 0 Å². The minimum Gasteiger partial charge on any atom is -0.465 e. The molecule has 0 radical (unpaired) electrons. The summed E-state index contributed by atoms with van der Waals surface area (Å²) in [7, 11) is 0. The number of nitrogens with one attached hydrogen (secondary N) is 1. The first-order chi connectivity index (χ1) is 9.74. The van der Waals surface area contributed by atoms with Crippen molar-refractivity contribution in [1.82, 2.24) is 5.32 Å². The lowest BCUT2D eigenvalue weighted by Crippen LogP contribution is -2.31. The van der Waals surface area contributed by atoms with E-state index in [1.54, 1.807) is 18.4 Å². The van der Waals surface area contributed by atoms with Crippen LogP contribution in [0.4, 0.5) is 0 Å². The summed E-state index contributed by atoms with van der Waals surface area (Å²) < 4.78 is 5.13. The maximum Gasteiger partial charge on any atom is 0.244 e. The summed E-state index contributed by atoms with van der Waals surface area (Å²) in [5.74, 6) is 0.582. The third-order valence-electron chi connectivity index (χ3n) is 3.04. The molecule has 2 rings (SSSR count). The molecule has 1 atom stereocenters. The van der Waals surface area contributed by atoms with Crippen LogP contribution in [0.25, 0.3) is 6.08 Å². The average molecular weight is 269 g/mol. The highest BCUT2D eigenvalue weighted by Gasteiger charge is 2.05. The Bertz CT molecular complexity index is 544. The van der Waals surface area contributed by atoms with Crippen LogP contribution < -0.4 is 5.32 Å². The van der Waals surface area contributed by atoms with Gasteiger partial charge in [0.2, 0.25) is 5.91 Å². The maximum absolute atomic E-state index is 11.7. The molecule has 1 aromatic heterocycles. The van der Waals surface area contributed by atoms with Crippen molar-refractivity contribution in [2.75, 3.05) is 0 Å². The maximum atomic E-state index is 11.7. The molecule has 3 nitrogen and oxygen atoms in total. The monoisotopic (exact) mass is 269 g/mol. The molecule has 0 aliphatic heterocycles. The Morgan fingerprint density at radius 2 is 2.05 bits per heavy atom. The number of carbonyl (C=O) groups is 1. The van der Waals surface area contributed by atoms with Crippen LogP contribution in [-0.2, 0) is 11.2 Å². The lowest BCUT2D eigenvalue weighted by Gasteiger charge is -2.12. The Morgan fingerprint density at radius 3 is 2.75 bits per heavy atom. The highest BCUT2D eigenvalue weighted by molar-refractivity contribution is 5.91. The number of benzene rings is 1. The highest BCUT2D eigenvalue weighted by Crippen LogP contribution is 2.05. The number of amides is 1. The molecule has 0 saturated heterocycles. The minimum atomic E-state index is -0.0954. The first-order valence-corrected chi connectivity index (χ1v) is 6.80. The molecule has 1 amide bonds. The molecule has 1 heterocycles. The van der Waals surface area contributed by atoms with Crippen molar-refractivity contribution in [3.8, 4) is 0 Å². The van der Waals surface area contributed by atoms with E-state index in [0.29, 0.717) is 5.76 Å². The molecular weight excluding hydrogens is 250 g/mol. The van der Waals surface area contributed by atoms with E-state index in [9.17, 15) is 4.79 Å². The third kappa shape index (κ3) is 4.76. The summed E-state index contributed by atoms with van der Waals surface area (Å²) >= 11 is 0. The van der Waals surface area contributed by atoms with Gasteiger partial charge in [0.25, 0.3) is 0 Å². The van der Waals surface area contributed by atoms with Crippen molar-refractivity contribution in [2.24, 2.45) is 0 Å². The van der Waals surface area contributed by atoms with Crippen LogP contribution in [0.15, 0.2) is 59.2 Å². The van der Waals surface area contributed by atoms with Gasteiger partial charge in [0.15, 0.2) is 0 Å². The van der Waals surface area contributed by atoms with Crippen LogP contribution in [0.1, 0.15) is 24.7 Å². The Hall–Kier alpha value is -2.29. The molecule has 0 aliphatic carbocycles. The Kier molecular flexibility index (Phi) is 5.18. The Morgan fingerprint density at radius 1 is 1.25 bits per heavy atom. The summed E-state index contributed by atoms with van der Waals surface area (Å²) in [4.78, 5) is 11.7. The normalized spacial score (nSPS) is 12.4. The van der Waals surface area contributed by atoms with Crippen molar-refractivity contribution in [1.29, 1.82) is 0 Å². The molecule has 0 unspecified atom stereocenters. The predicted molar refractivity (Wildman–Crippen MR) is 80.1 cm³/mol. The van der Waals surface area contributed by atoms with E-state index in [4.69, 9.17) is 4.42 Å². The van der Waals surface area contributed by atoms with Gasteiger partial charge in [-0.25, -0.2) is 0 Å². The summed E-state index contributed by atoms with van der Waals surface area (Å²) in [5, 5.41) is 2.95. The van der Waals surface area contributed by atoms with E-state index in [1.165, 1.54) is 11.6 Å². The quantitative estimate of drug-likeness (QED) is 0.816. The van der Waals surface area contributed by atoms with Crippen LogP contribution in [0.2, 0.25) is 0 Å². The van der Waals surface area contributed by atoms with Gasteiger partial charge in [0, 0.05) is 12.1 Å². The number of rotatable bonds is 6. The third-order valence-corrected chi connectivity index (χ3v) is 3.04. The second-order valence-electron chi connectivity index (χ2n) is 4.78. The highest BCUT2D eigenvalue weighted by atomic mass is 16.3. The molecule has 0 saturated carbocycles. The molecule has 0 bridgehead atoms. The van der Waals surface area contributed by atoms with Gasteiger partial charge in [0.05, 0.1) is 6.26 Å². The SMILES string of the molecule is C[C@H](CCc1ccccc1)NC(=O)C=Cc1ccco1. The molecule has 0 spiro atoms. The molecule has 0 aliphatic rings. The molecule has 1 N–H and O–H groups in total. The zero-order valence-corrected chi connectivity index (χ0v) is 11.6. The summed E-state index contributed by atoms with van der Waals surface area (Å²) in [6.45, 7) is 2.02. The standard InChI is InChI=1S/C17H19NO2/c1-14(9-10-15-6-3-2-4-7-15)18-17(19)12-11-16-8-5-13-20-16/h2-8,11-14H,9-10H2,1H3,(H,18,19)/t14-/m1/s1. The summed E-state index contributed by atoms with van der Waals surface area (Å²) in [5.41, 5.74) is 1.29. The van der Waals surface area contributed by atoms with E-state index in [1.807, 2.05) is 31.2 Å². The number of hydrogen-bond donors (Lipinski definition) is 1. The molecule has 2 aromatic rings. The molecule has 104 valence electrons. The van der Waals surface area contributed by atoms with Gasteiger partial charge in [-0.3, -0.25) is 4.79 Å². The summed E-state index contributed by atoms with van der Waals surface area (Å²) in [6.07, 6.45) is 6.63. The molecule has 20 heavy (non-hydrogen) atoms. The van der Waals surface area contributed by atoms with Crippen molar-refractivity contribution in [3.63, 3.8) is 0 Å². The van der Waals surface area contributed by atoms with Gasteiger partial charge in [-0.2, -0.15) is 0 Å². The number of hydrogen-bond acceptors (Lipinski definition) is 2. The van der Waals surface area contributed by atoms with Gasteiger partial charge in [0.1, 0.15) is 5.76 Å². The predicted octanol–water partition coefficient (Wildman–Crippen LogP) is 3.43. The number of furan rings is 1. The molecule has 1 aromatic carbocycles. The topological polar surface area (TPSA) is 42.2 Å². The average Bonchev–Trinajstić information content (AvgIpc) is 2.97. The van der Waals surface area contributed by atoms with Crippen molar-refractivity contribution < 1.29 is 9.21 Å². The fourth-order valence-corrected chi connectivity index (χ4v) is 1.93. The fourth-order valence-electron chi connectivity index (χ4n) is 1.93. The first kappa shape index (κ1) is 14.1. The first-order valence-electron chi connectivity index (χ1n) is 6.80. The van der Waals surface area contributed by atoms with Crippen molar-refractivity contribution >= 4 is 12.0 Å². The summed E-state index contributed by atoms with van der Waals surface area (Å²) in [6, 6.07) is 14.0. The van der Waals surface area contributed by atoms with Gasteiger partial charge < -0.3 is 9.73 Å². The van der Waals surface area contributed by atoms with E-state index in [2.05, 4.69) is 17.4 Å². The second-order valence-corrected chi connectivity index (χ2v) is 4.78. The smallest absolute Gasteiger partial charge is 0.244 e. The molecular formula is C17H19NO2. The Balaban J connectivity index is 1.74. The lowest BCUT2D eigenvalue weighted by molar-refractivity contribution is -0.117. The van der Waals surface area contributed by atoms with E-state index < -0.39 is 0 Å².